The van der Waals surface area contributed by atoms with Crippen LogP contribution in [0.4, 0.5) is 0 Å². The van der Waals surface area contributed by atoms with E-state index in [0.29, 0.717) is 12.6 Å². The van der Waals surface area contributed by atoms with E-state index in [2.05, 4.69) is 38.1 Å². The van der Waals surface area contributed by atoms with Crippen LogP contribution in [0.5, 0.6) is 11.5 Å². The molecule has 7 heteroatoms. The minimum Gasteiger partial charge on any atom is -0.493 e. The Hall–Kier alpha value is -2.93. The van der Waals surface area contributed by atoms with E-state index in [9.17, 15) is 0 Å². The third-order valence-corrected chi connectivity index (χ3v) is 5.16. The van der Waals surface area contributed by atoms with Crippen molar-refractivity contribution < 1.29 is 9.47 Å². The number of rotatable bonds is 8. The second kappa shape index (κ2) is 9.05. The smallest absolute Gasteiger partial charge is 0.161 e. The molecule has 152 valence electrons. The number of hydrogen-bond donors (Lipinski definition) is 1. The van der Waals surface area contributed by atoms with Gasteiger partial charge in [-0.15, -0.1) is 0 Å². The third kappa shape index (κ3) is 4.74. The van der Waals surface area contributed by atoms with E-state index in [1.54, 1.807) is 13.3 Å². The molecule has 0 bridgehead atoms. The molecule has 1 N–H and O–H groups in total. The number of benzene rings is 1. The van der Waals surface area contributed by atoms with Crippen molar-refractivity contribution in [2.24, 2.45) is 0 Å². The van der Waals surface area contributed by atoms with Gasteiger partial charge < -0.3 is 14.8 Å². The van der Waals surface area contributed by atoms with Gasteiger partial charge in [0.2, 0.25) is 0 Å². The summed E-state index contributed by atoms with van der Waals surface area (Å²) < 4.78 is 13.5. The summed E-state index contributed by atoms with van der Waals surface area (Å²) in [5, 5.41) is 8.24. The van der Waals surface area contributed by atoms with E-state index < -0.39 is 0 Å². The Morgan fingerprint density at radius 1 is 1.21 bits per heavy atom. The lowest BCUT2D eigenvalue weighted by atomic mass is 10.1. The summed E-state index contributed by atoms with van der Waals surface area (Å²) in [5.41, 5.74) is 2.18. The Morgan fingerprint density at radius 3 is 2.93 bits per heavy atom. The summed E-state index contributed by atoms with van der Waals surface area (Å²) in [6.45, 7) is 4.18. The molecule has 1 unspecified atom stereocenters. The predicted molar refractivity (Wildman–Crippen MR) is 110 cm³/mol. The molecule has 1 atom stereocenters. The molecule has 0 spiro atoms. The molecule has 0 amide bonds. The maximum Gasteiger partial charge on any atom is 0.161 e. The summed E-state index contributed by atoms with van der Waals surface area (Å²) in [4.78, 5) is 8.72. The first-order valence-corrected chi connectivity index (χ1v) is 10.1. The maximum atomic E-state index is 5.99. The average molecular weight is 393 g/mol. The quantitative estimate of drug-likeness (QED) is 0.634. The van der Waals surface area contributed by atoms with Crippen LogP contribution in [0.25, 0.3) is 0 Å². The summed E-state index contributed by atoms with van der Waals surface area (Å²) in [6.07, 6.45) is 6.48. The number of nitrogens with one attached hydrogen (secondary N) is 1. The van der Waals surface area contributed by atoms with E-state index in [-0.39, 0.29) is 0 Å². The number of aromatic nitrogens is 4. The molecule has 0 fully saturated rings. The monoisotopic (exact) mass is 393 g/mol. The van der Waals surface area contributed by atoms with Crippen molar-refractivity contribution in [1.29, 1.82) is 0 Å². The van der Waals surface area contributed by atoms with E-state index in [1.807, 2.05) is 30.5 Å². The highest BCUT2D eigenvalue weighted by Gasteiger charge is 2.21. The highest BCUT2D eigenvalue weighted by molar-refractivity contribution is 5.43. The molecule has 0 radical (unpaired) electrons. The lowest BCUT2D eigenvalue weighted by Crippen LogP contribution is -2.37. The molecule has 0 saturated heterocycles. The molecule has 2 aromatic heterocycles. The van der Waals surface area contributed by atoms with Crippen molar-refractivity contribution in [3.05, 3.63) is 65.5 Å². The van der Waals surface area contributed by atoms with Crippen molar-refractivity contribution >= 4 is 0 Å². The Bertz CT molecular complexity index is 942. The summed E-state index contributed by atoms with van der Waals surface area (Å²) in [6, 6.07) is 10.4. The summed E-state index contributed by atoms with van der Waals surface area (Å²) in [7, 11) is 1.66. The largest absolute Gasteiger partial charge is 0.493 e. The first-order chi connectivity index (χ1) is 14.2. The van der Waals surface area contributed by atoms with Gasteiger partial charge >= 0.3 is 0 Å². The number of aryl methyl sites for hydroxylation is 2. The number of hydrogen-bond acceptors (Lipinski definition) is 6. The molecular formula is C22H27N5O2. The minimum absolute atomic E-state index is 0.385. The molecule has 1 aliphatic heterocycles. The highest BCUT2D eigenvalue weighted by Crippen LogP contribution is 2.29. The second-order valence-electron chi connectivity index (χ2n) is 7.23. The zero-order valence-corrected chi connectivity index (χ0v) is 17.0. The fourth-order valence-electron chi connectivity index (χ4n) is 3.53. The number of ether oxygens (including phenoxy) is 2. The van der Waals surface area contributed by atoms with Crippen LogP contribution in [0, 0.1) is 0 Å². The van der Waals surface area contributed by atoms with E-state index in [0.717, 1.165) is 66.6 Å². The molecule has 3 heterocycles. The van der Waals surface area contributed by atoms with Gasteiger partial charge in [0.05, 0.1) is 13.7 Å². The molecular weight excluding hydrogens is 366 g/mol. The Kier molecular flexibility index (Phi) is 6.05. The molecule has 0 saturated carbocycles. The maximum absolute atomic E-state index is 5.99. The third-order valence-electron chi connectivity index (χ3n) is 5.16. The van der Waals surface area contributed by atoms with Crippen LogP contribution in [0.15, 0.2) is 42.7 Å². The van der Waals surface area contributed by atoms with Crippen molar-refractivity contribution in [2.75, 3.05) is 7.11 Å². The van der Waals surface area contributed by atoms with Crippen LogP contribution in [-0.2, 0) is 32.5 Å². The summed E-state index contributed by atoms with van der Waals surface area (Å²) in [5.74, 6) is 3.52. The van der Waals surface area contributed by atoms with Gasteiger partial charge in [0, 0.05) is 43.4 Å². The van der Waals surface area contributed by atoms with Gasteiger partial charge in [-0.3, -0.25) is 4.98 Å². The van der Waals surface area contributed by atoms with Gasteiger partial charge in [-0.25, -0.2) is 9.67 Å². The van der Waals surface area contributed by atoms with E-state index >= 15 is 0 Å². The zero-order valence-electron chi connectivity index (χ0n) is 17.0. The SMILES string of the molecule is CCc1nc2n(n1)CC(NCc1ccc(OC)c(OCc3cccnc3)c1)CC2. The van der Waals surface area contributed by atoms with Crippen LogP contribution in [0.3, 0.4) is 0 Å². The van der Waals surface area contributed by atoms with Crippen LogP contribution < -0.4 is 14.8 Å². The van der Waals surface area contributed by atoms with Gasteiger partial charge in [0.15, 0.2) is 17.3 Å². The second-order valence-corrected chi connectivity index (χ2v) is 7.23. The van der Waals surface area contributed by atoms with Crippen LogP contribution in [-0.4, -0.2) is 32.9 Å². The minimum atomic E-state index is 0.385. The van der Waals surface area contributed by atoms with Gasteiger partial charge in [0.25, 0.3) is 0 Å². The standard InChI is InChI=1S/C22H27N5O2/c1-3-21-25-22-9-7-18(14-27(22)26-21)24-13-16-6-8-19(28-2)20(11-16)29-15-17-5-4-10-23-12-17/h4-6,8,10-12,18,24H,3,7,9,13-15H2,1-2H3. The normalized spacial score (nSPS) is 15.7. The molecule has 1 aliphatic rings. The lowest BCUT2D eigenvalue weighted by Gasteiger charge is -2.24. The first-order valence-electron chi connectivity index (χ1n) is 10.1. The van der Waals surface area contributed by atoms with Crippen molar-refractivity contribution in [3.63, 3.8) is 0 Å². The fraction of sp³-hybridized carbons (Fsp3) is 0.409. The zero-order chi connectivity index (χ0) is 20.1. The molecule has 4 rings (SSSR count). The molecule has 29 heavy (non-hydrogen) atoms. The fourth-order valence-corrected chi connectivity index (χ4v) is 3.53. The van der Waals surface area contributed by atoms with Crippen molar-refractivity contribution in [2.45, 2.75) is 51.9 Å². The van der Waals surface area contributed by atoms with Crippen LogP contribution in [0.1, 0.15) is 36.1 Å². The summed E-state index contributed by atoms with van der Waals surface area (Å²) >= 11 is 0. The number of fused-ring (bicyclic) bond motifs is 1. The lowest BCUT2D eigenvalue weighted by molar-refractivity contribution is 0.283. The van der Waals surface area contributed by atoms with Gasteiger partial charge in [-0.2, -0.15) is 5.10 Å². The number of nitrogens with zero attached hydrogens (tertiary/aromatic N) is 4. The molecule has 0 aliphatic carbocycles. The van der Waals surface area contributed by atoms with Crippen LogP contribution in [0.2, 0.25) is 0 Å². The Labute approximate surface area is 171 Å². The van der Waals surface area contributed by atoms with E-state index in [1.165, 1.54) is 0 Å². The molecule has 7 nitrogen and oxygen atoms in total. The Morgan fingerprint density at radius 2 is 2.14 bits per heavy atom. The first kappa shape index (κ1) is 19.4. The van der Waals surface area contributed by atoms with Gasteiger partial charge in [-0.1, -0.05) is 19.1 Å². The Balaban J connectivity index is 1.37. The molecule has 3 aromatic rings. The van der Waals surface area contributed by atoms with E-state index in [4.69, 9.17) is 9.47 Å². The highest BCUT2D eigenvalue weighted by atomic mass is 16.5. The molecule has 1 aromatic carbocycles. The average Bonchev–Trinajstić information content (AvgIpc) is 3.19. The predicted octanol–water partition coefficient (Wildman–Crippen LogP) is 2.93. The topological polar surface area (TPSA) is 74.1 Å². The van der Waals surface area contributed by atoms with Gasteiger partial charge in [0.1, 0.15) is 12.4 Å². The van der Waals surface area contributed by atoms with Gasteiger partial charge in [-0.05, 0) is 30.2 Å². The number of pyridine rings is 1. The number of methoxy groups -OCH3 is 1. The van der Waals surface area contributed by atoms with Crippen molar-refractivity contribution in [1.82, 2.24) is 25.1 Å². The van der Waals surface area contributed by atoms with Crippen molar-refractivity contribution in [3.8, 4) is 11.5 Å². The van der Waals surface area contributed by atoms with Crippen LogP contribution >= 0.6 is 0 Å².